The number of nitrogens with one attached hydrogen (secondary N) is 1. The molecule has 5 nitrogen and oxygen atoms in total. The van der Waals surface area contributed by atoms with Crippen molar-refractivity contribution >= 4 is 34.8 Å². The molecule has 1 fully saturated rings. The number of methoxy groups -OCH3 is 2. The van der Waals surface area contributed by atoms with Crippen LogP contribution in [0.25, 0.3) is 0 Å². The maximum absolute atomic E-state index is 12.8. The minimum Gasteiger partial charge on any atom is -0.497 e. The SMILES string of the molecule is COc1ccc(NC(=O)[C@H]2CCCN(Cc3ccc(Cl)cc3Cl)C2)c(OC)c1. The maximum Gasteiger partial charge on any atom is 0.228 e. The van der Waals surface area contributed by atoms with Gasteiger partial charge in [-0.15, -0.1) is 0 Å². The largest absolute Gasteiger partial charge is 0.497 e. The van der Waals surface area contributed by atoms with Gasteiger partial charge in [0.1, 0.15) is 11.5 Å². The number of hydrogen-bond acceptors (Lipinski definition) is 4. The zero-order chi connectivity index (χ0) is 20.1. The van der Waals surface area contributed by atoms with E-state index in [-0.39, 0.29) is 11.8 Å². The van der Waals surface area contributed by atoms with Gasteiger partial charge in [-0.2, -0.15) is 0 Å². The first kappa shape index (κ1) is 20.8. The predicted molar refractivity (Wildman–Crippen MR) is 113 cm³/mol. The molecule has 1 heterocycles. The Morgan fingerprint density at radius 1 is 1.18 bits per heavy atom. The molecule has 0 saturated carbocycles. The summed E-state index contributed by atoms with van der Waals surface area (Å²) in [5.74, 6) is 1.16. The summed E-state index contributed by atoms with van der Waals surface area (Å²) in [4.78, 5) is 15.1. The van der Waals surface area contributed by atoms with Crippen LogP contribution in [-0.2, 0) is 11.3 Å². The first-order chi connectivity index (χ1) is 13.5. The van der Waals surface area contributed by atoms with E-state index < -0.39 is 0 Å². The van der Waals surface area contributed by atoms with Crippen molar-refractivity contribution in [3.63, 3.8) is 0 Å². The minimum atomic E-state index is -0.0911. The Bertz CT molecular complexity index is 844. The number of piperidine rings is 1. The highest BCUT2D eigenvalue weighted by molar-refractivity contribution is 6.35. The van der Waals surface area contributed by atoms with E-state index in [1.807, 2.05) is 12.1 Å². The fourth-order valence-electron chi connectivity index (χ4n) is 3.44. The summed E-state index contributed by atoms with van der Waals surface area (Å²) in [6.07, 6.45) is 1.82. The monoisotopic (exact) mass is 422 g/mol. The maximum atomic E-state index is 12.8. The molecule has 0 unspecified atom stereocenters. The number of halogens is 2. The molecule has 1 saturated heterocycles. The third-order valence-electron chi connectivity index (χ3n) is 4.95. The number of hydrogen-bond donors (Lipinski definition) is 1. The standard InChI is InChI=1S/C21H24Cl2N2O3/c1-27-17-7-8-19(20(11-17)28-2)24-21(26)15-4-3-9-25(13-15)12-14-5-6-16(22)10-18(14)23/h5-8,10-11,15H,3-4,9,12-13H2,1-2H3,(H,24,26)/t15-/m0/s1. The van der Waals surface area contributed by atoms with E-state index in [1.54, 1.807) is 38.5 Å². The van der Waals surface area contributed by atoms with Crippen molar-refractivity contribution < 1.29 is 14.3 Å². The molecule has 1 N–H and O–H groups in total. The van der Waals surface area contributed by atoms with Crippen LogP contribution in [0.3, 0.4) is 0 Å². The van der Waals surface area contributed by atoms with Crippen LogP contribution in [0.5, 0.6) is 11.5 Å². The van der Waals surface area contributed by atoms with E-state index >= 15 is 0 Å². The van der Waals surface area contributed by atoms with Crippen molar-refractivity contribution in [2.24, 2.45) is 5.92 Å². The number of carbonyl (C=O) groups is 1. The molecule has 7 heteroatoms. The van der Waals surface area contributed by atoms with Crippen molar-refractivity contribution in [3.05, 3.63) is 52.0 Å². The van der Waals surface area contributed by atoms with E-state index in [0.717, 1.165) is 24.9 Å². The summed E-state index contributed by atoms with van der Waals surface area (Å²) in [6.45, 7) is 2.32. The number of rotatable bonds is 6. The Hall–Kier alpha value is -1.95. The number of likely N-dealkylation sites (tertiary alicyclic amines) is 1. The van der Waals surface area contributed by atoms with Crippen molar-refractivity contribution in [2.75, 3.05) is 32.6 Å². The number of amides is 1. The molecule has 2 aromatic rings. The lowest BCUT2D eigenvalue weighted by atomic mass is 9.96. The topological polar surface area (TPSA) is 50.8 Å². The summed E-state index contributed by atoms with van der Waals surface area (Å²) < 4.78 is 10.6. The summed E-state index contributed by atoms with van der Waals surface area (Å²) in [6, 6.07) is 10.9. The molecule has 150 valence electrons. The Morgan fingerprint density at radius 2 is 2.00 bits per heavy atom. The smallest absolute Gasteiger partial charge is 0.228 e. The molecule has 2 aromatic carbocycles. The summed E-state index contributed by atoms with van der Waals surface area (Å²) in [5.41, 5.74) is 1.66. The number of carbonyl (C=O) groups excluding carboxylic acids is 1. The van der Waals surface area contributed by atoms with Gasteiger partial charge in [-0.3, -0.25) is 9.69 Å². The molecule has 0 spiro atoms. The van der Waals surface area contributed by atoms with Crippen molar-refractivity contribution in [1.29, 1.82) is 0 Å². The second kappa shape index (κ2) is 9.50. The molecule has 1 aliphatic rings. The molecule has 1 atom stereocenters. The van der Waals surface area contributed by atoms with Crippen LogP contribution in [0.1, 0.15) is 18.4 Å². The predicted octanol–water partition coefficient (Wildman–Crippen LogP) is 4.86. The van der Waals surface area contributed by atoms with Crippen molar-refractivity contribution in [2.45, 2.75) is 19.4 Å². The quantitative estimate of drug-likeness (QED) is 0.721. The second-order valence-electron chi connectivity index (χ2n) is 6.87. The zero-order valence-electron chi connectivity index (χ0n) is 16.0. The van der Waals surface area contributed by atoms with Crippen LogP contribution in [0.2, 0.25) is 10.0 Å². The van der Waals surface area contributed by atoms with Gasteiger partial charge in [-0.1, -0.05) is 29.3 Å². The van der Waals surface area contributed by atoms with Gasteiger partial charge in [0.05, 0.1) is 25.8 Å². The Labute approximate surface area is 175 Å². The highest BCUT2D eigenvalue weighted by Crippen LogP contribution is 2.30. The van der Waals surface area contributed by atoms with E-state index in [4.69, 9.17) is 32.7 Å². The molecule has 0 aromatic heterocycles. The fraction of sp³-hybridized carbons (Fsp3) is 0.381. The van der Waals surface area contributed by atoms with Crippen LogP contribution in [0.4, 0.5) is 5.69 Å². The van der Waals surface area contributed by atoms with Gasteiger partial charge < -0.3 is 14.8 Å². The van der Waals surface area contributed by atoms with Gasteiger partial charge in [0.15, 0.2) is 0 Å². The average Bonchev–Trinajstić information content (AvgIpc) is 2.70. The highest BCUT2D eigenvalue weighted by atomic mass is 35.5. The molecule has 3 rings (SSSR count). The molecular weight excluding hydrogens is 399 g/mol. The van der Waals surface area contributed by atoms with E-state index in [2.05, 4.69) is 10.2 Å². The lowest BCUT2D eigenvalue weighted by Gasteiger charge is -2.32. The van der Waals surface area contributed by atoms with Crippen LogP contribution < -0.4 is 14.8 Å². The third kappa shape index (κ3) is 5.10. The van der Waals surface area contributed by atoms with Gasteiger partial charge in [-0.25, -0.2) is 0 Å². The van der Waals surface area contributed by atoms with Gasteiger partial charge in [0.25, 0.3) is 0 Å². The molecule has 0 radical (unpaired) electrons. The molecular formula is C21H24Cl2N2O3. The fourth-order valence-corrected chi connectivity index (χ4v) is 3.91. The zero-order valence-corrected chi connectivity index (χ0v) is 17.5. The van der Waals surface area contributed by atoms with E-state index in [0.29, 0.717) is 40.3 Å². The van der Waals surface area contributed by atoms with Crippen molar-refractivity contribution in [1.82, 2.24) is 4.90 Å². The van der Waals surface area contributed by atoms with Gasteiger partial charge in [0, 0.05) is 29.2 Å². The van der Waals surface area contributed by atoms with Gasteiger partial charge >= 0.3 is 0 Å². The molecule has 0 aliphatic carbocycles. The molecule has 28 heavy (non-hydrogen) atoms. The number of benzene rings is 2. The normalized spacial score (nSPS) is 17.2. The molecule has 1 aliphatic heterocycles. The summed E-state index contributed by atoms with van der Waals surface area (Å²) >= 11 is 12.3. The second-order valence-corrected chi connectivity index (χ2v) is 7.71. The number of nitrogens with zero attached hydrogens (tertiary/aromatic N) is 1. The number of ether oxygens (including phenoxy) is 2. The van der Waals surface area contributed by atoms with Gasteiger partial charge in [-0.05, 0) is 49.2 Å². The lowest BCUT2D eigenvalue weighted by molar-refractivity contribution is -0.121. The van der Waals surface area contributed by atoms with Crippen LogP contribution in [-0.4, -0.2) is 38.1 Å². The first-order valence-corrected chi connectivity index (χ1v) is 9.95. The Balaban J connectivity index is 1.64. The van der Waals surface area contributed by atoms with Crippen molar-refractivity contribution in [3.8, 4) is 11.5 Å². The van der Waals surface area contributed by atoms with Gasteiger partial charge in [0.2, 0.25) is 5.91 Å². The lowest BCUT2D eigenvalue weighted by Crippen LogP contribution is -2.40. The Morgan fingerprint density at radius 3 is 2.71 bits per heavy atom. The summed E-state index contributed by atoms with van der Waals surface area (Å²) in [5, 5.41) is 4.27. The number of anilines is 1. The van der Waals surface area contributed by atoms with E-state index in [1.165, 1.54) is 0 Å². The summed E-state index contributed by atoms with van der Waals surface area (Å²) in [7, 11) is 3.17. The average molecular weight is 423 g/mol. The highest BCUT2D eigenvalue weighted by Gasteiger charge is 2.26. The van der Waals surface area contributed by atoms with Crippen LogP contribution in [0.15, 0.2) is 36.4 Å². The molecule has 1 amide bonds. The van der Waals surface area contributed by atoms with Crippen LogP contribution >= 0.6 is 23.2 Å². The first-order valence-electron chi connectivity index (χ1n) is 9.19. The molecule has 0 bridgehead atoms. The van der Waals surface area contributed by atoms with Crippen LogP contribution in [0, 0.1) is 5.92 Å². The van der Waals surface area contributed by atoms with E-state index in [9.17, 15) is 4.79 Å². The third-order valence-corrected chi connectivity index (χ3v) is 5.54. The minimum absolute atomic E-state index is 0.00429. The Kier molecular flexibility index (Phi) is 7.05.